The Labute approximate surface area is 135 Å². The van der Waals surface area contributed by atoms with Crippen molar-refractivity contribution >= 4 is 17.5 Å². The quantitative estimate of drug-likeness (QED) is 0.791. The van der Waals surface area contributed by atoms with Crippen molar-refractivity contribution in [1.29, 1.82) is 0 Å². The molecule has 2 aliphatic heterocycles. The van der Waals surface area contributed by atoms with Gasteiger partial charge in [-0.1, -0.05) is 30.9 Å². The van der Waals surface area contributed by atoms with Crippen LogP contribution in [0.5, 0.6) is 11.5 Å². The topological polar surface area (TPSA) is 38.8 Å². The summed E-state index contributed by atoms with van der Waals surface area (Å²) in [5.74, 6) is 2.67. The number of piperidine rings is 1. The van der Waals surface area contributed by atoms with E-state index in [-0.39, 0.29) is 12.7 Å². The van der Waals surface area contributed by atoms with E-state index in [0.29, 0.717) is 28.0 Å². The molecule has 2 heterocycles. The third kappa shape index (κ3) is 2.43. The van der Waals surface area contributed by atoms with Crippen molar-refractivity contribution in [1.82, 2.24) is 4.90 Å². The molecule has 4 nitrogen and oxygen atoms in total. The highest BCUT2D eigenvalue weighted by atomic mass is 35.5. The predicted molar refractivity (Wildman–Crippen MR) is 83.5 cm³/mol. The van der Waals surface area contributed by atoms with Gasteiger partial charge < -0.3 is 14.4 Å². The van der Waals surface area contributed by atoms with Crippen LogP contribution >= 0.6 is 11.6 Å². The largest absolute Gasteiger partial charge is 0.454 e. The molecule has 1 amide bonds. The first-order chi connectivity index (χ1) is 10.7. The number of hydrogen-bond donors (Lipinski definition) is 0. The van der Waals surface area contributed by atoms with Gasteiger partial charge in [0.1, 0.15) is 0 Å². The van der Waals surface area contributed by atoms with Crippen molar-refractivity contribution in [2.75, 3.05) is 19.9 Å². The Bertz CT molecular complexity index is 604. The maximum Gasteiger partial charge on any atom is 0.254 e. The number of fused-ring (bicyclic) bond motifs is 2. The molecule has 1 aliphatic carbocycles. The third-order valence-electron chi connectivity index (χ3n) is 5.25. The molecule has 118 valence electrons. The molecule has 5 heteroatoms. The van der Waals surface area contributed by atoms with Crippen LogP contribution in [0.3, 0.4) is 0 Å². The minimum Gasteiger partial charge on any atom is -0.454 e. The van der Waals surface area contributed by atoms with Crippen molar-refractivity contribution in [3.8, 4) is 11.5 Å². The van der Waals surface area contributed by atoms with Crippen LogP contribution in [0.4, 0.5) is 0 Å². The number of hydrogen-bond acceptors (Lipinski definition) is 3. The number of carbonyl (C=O) groups excluding carboxylic acids is 1. The van der Waals surface area contributed by atoms with Gasteiger partial charge in [0.15, 0.2) is 11.5 Å². The number of ether oxygens (including phenoxy) is 2. The number of nitrogens with zero attached hydrogens (tertiary/aromatic N) is 1. The Kier molecular flexibility index (Phi) is 3.65. The van der Waals surface area contributed by atoms with Gasteiger partial charge in [-0.05, 0) is 36.8 Å². The fourth-order valence-corrected chi connectivity index (χ4v) is 4.32. The first-order valence-electron chi connectivity index (χ1n) is 8.11. The minimum atomic E-state index is 0.0595. The second kappa shape index (κ2) is 5.65. The zero-order valence-electron chi connectivity index (χ0n) is 12.5. The van der Waals surface area contributed by atoms with Gasteiger partial charge in [-0.25, -0.2) is 0 Å². The monoisotopic (exact) mass is 321 g/mol. The van der Waals surface area contributed by atoms with Crippen LogP contribution < -0.4 is 9.47 Å². The lowest BCUT2D eigenvalue weighted by atomic mass is 9.75. The van der Waals surface area contributed by atoms with Crippen LogP contribution in [-0.4, -0.2) is 30.7 Å². The van der Waals surface area contributed by atoms with Crippen molar-refractivity contribution in [2.45, 2.75) is 32.1 Å². The van der Waals surface area contributed by atoms with E-state index in [1.807, 2.05) is 4.90 Å². The summed E-state index contributed by atoms with van der Waals surface area (Å²) in [7, 11) is 0. The standard InChI is InChI=1S/C17H20ClNO3/c18-14-7-13(8-15-16(14)22-10-21-15)17(20)19-6-5-11-3-1-2-4-12(11)9-19/h7-8,11-12H,1-6,9-10H2/t11-,12+/m1/s1. The van der Waals surface area contributed by atoms with Crippen molar-refractivity contribution < 1.29 is 14.3 Å². The number of halogens is 1. The molecule has 1 saturated heterocycles. The number of carbonyl (C=O) groups is 1. The summed E-state index contributed by atoms with van der Waals surface area (Å²) in [6.07, 6.45) is 6.39. The smallest absolute Gasteiger partial charge is 0.254 e. The van der Waals surface area contributed by atoms with E-state index in [1.165, 1.54) is 25.7 Å². The van der Waals surface area contributed by atoms with E-state index in [0.717, 1.165) is 25.4 Å². The lowest BCUT2D eigenvalue weighted by molar-refractivity contribution is 0.0520. The van der Waals surface area contributed by atoms with Crippen LogP contribution in [0, 0.1) is 11.8 Å². The fraction of sp³-hybridized carbons (Fsp3) is 0.588. The number of benzene rings is 1. The normalized spacial score (nSPS) is 26.7. The molecule has 2 atom stereocenters. The summed E-state index contributed by atoms with van der Waals surface area (Å²) in [5, 5.41) is 0.450. The summed E-state index contributed by atoms with van der Waals surface area (Å²) < 4.78 is 10.7. The summed E-state index contributed by atoms with van der Waals surface area (Å²) in [4.78, 5) is 14.8. The zero-order chi connectivity index (χ0) is 15.1. The van der Waals surface area contributed by atoms with E-state index in [1.54, 1.807) is 12.1 Å². The van der Waals surface area contributed by atoms with Crippen LogP contribution in [0.15, 0.2) is 12.1 Å². The van der Waals surface area contributed by atoms with E-state index >= 15 is 0 Å². The molecule has 22 heavy (non-hydrogen) atoms. The van der Waals surface area contributed by atoms with E-state index in [4.69, 9.17) is 21.1 Å². The zero-order valence-corrected chi connectivity index (χ0v) is 13.3. The molecule has 1 aromatic carbocycles. The summed E-state index contributed by atoms with van der Waals surface area (Å²) >= 11 is 6.19. The van der Waals surface area contributed by atoms with Crippen LogP contribution in [0.1, 0.15) is 42.5 Å². The molecular weight excluding hydrogens is 302 g/mol. The molecule has 2 fully saturated rings. The Morgan fingerprint density at radius 2 is 1.95 bits per heavy atom. The van der Waals surface area contributed by atoms with Crippen molar-refractivity contribution in [3.05, 3.63) is 22.7 Å². The molecule has 0 N–H and O–H groups in total. The second-order valence-electron chi connectivity index (χ2n) is 6.54. The highest BCUT2D eigenvalue weighted by Gasteiger charge is 2.33. The van der Waals surface area contributed by atoms with Gasteiger partial charge in [0.2, 0.25) is 6.79 Å². The summed E-state index contributed by atoms with van der Waals surface area (Å²) in [5.41, 5.74) is 0.600. The molecule has 1 saturated carbocycles. The molecule has 4 rings (SSSR count). The van der Waals surface area contributed by atoms with Gasteiger partial charge >= 0.3 is 0 Å². The molecule has 1 aromatic rings. The van der Waals surface area contributed by atoms with Crippen molar-refractivity contribution in [3.63, 3.8) is 0 Å². The summed E-state index contributed by atoms with van der Waals surface area (Å²) in [6, 6.07) is 3.45. The average Bonchev–Trinajstić information content (AvgIpc) is 3.03. The van der Waals surface area contributed by atoms with Crippen molar-refractivity contribution in [2.24, 2.45) is 11.8 Å². The summed E-state index contributed by atoms with van der Waals surface area (Å²) in [6.45, 7) is 1.90. The maximum absolute atomic E-state index is 12.8. The molecule has 0 spiro atoms. The van der Waals surface area contributed by atoms with Gasteiger partial charge in [-0.3, -0.25) is 4.79 Å². The lowest BCUT2D eigenvalue weighted by Gasteiger charge is -2.41. The average molecular weight is 322 g/mol. The highest BCUT2D eigenvalue weighted by Crippen LogP contribution is 2.41. The second-order valence-corrected chi connectivity index (χ2v) is 6.94. The molecule has 0 bridgehead atoms. The van der Waals surface area contributed by atoms with E-state index in [9.17, 15) is 4.79 Å². The van der Waals surface area contributed by atoms with Crippen LogP contribution in [-0.2, 0) is 0 Å². The highest BCUT2D eigenvalue weighted by molar-refractivity contribution is 6.32. The number of rotatable bonds is 1. The fourth-order valence-electron chi connectivity index (χ4n) is 4.06. The first-order valence-corrected chi connectivity index (χ1v) is 8.48. The van der Waals surface area contributed by atoms with Crippen LogP contribution in [0.25, 0.3) is 0 Å². The van der Waals surface area contributed by atoms with Gasteiger partial charge in [-0.15, -0.1) is 0 Å². The van der Waals surface area contributed by atoms with Gasteiger partial charge in [-0.2, -0.15) is 0 Å². The first kappa shape index (κ1) is 14.2. The van der Waals surface area contributed by atoms with Gasteiger partial charge in [0.05, 0.1) is 5.02 Å². The number of likely N-dealkylation sites (tertiary alicyclic amines) is 1. The maximum atomic E-state index is 12.8. The Balaban J connectivity index is 1.53. The predicted octanol–water partition coefficient (Wildman–Crippen LogP) is 3.72. The van der Waals surface area contributed by atoms with Gasteiger partial charge in [0.25, 0.3) is 5.91 Å². The Morgan fingerprint density at radius 3 is 2.82 bits per heavy atom. The molecule has 0 unspecified atom stereocenters. The minimum absolute atomic E-state index is 0.0595. The Hall–Kier alpha value is -1.42. The Morgan fingerprint density at radius 1 is 1.14 bits per heavy atom. The number of amides is 1. The van der Waals surface area contributed by atoms with E-state index < -0.39 is 0 Å². The van der Waals surface area contributed by atoms with Crippen LogP contribution in [0.2, 0.25) is 5.02 Å². The molecular formula is C17H20ClNO3. The third-order valence-corrected chi connectivity index (χ3v) is 5.53. The van der Waals surface area contributed by atoms with E-state index in [2.05, 4.69) is 0 Å². The molecule has 3 aliphatic rings. The lowest BCUT2D eigenvalue weighted by Crippen LogP contribution is -2.44. The molecule has 0 aromatic heterocycles. The SMILES string of the molecule is O=C(c1cc(Cl)c2c(c1)OCO2)N1CC[C@H]2CCCC[C@H]2C1. The van der Waals surface area contributed by atoms with Gasteiger partial charge in [0, 0.05) is 18.7 Å². The molecule has 0 radical (unpaired) electrons.